The molecule has 2 N–H and O–H groups in total. The third kappa shape index (κ3) is 4.90. The number of hydrogen-bond donors (Lipinski definition) is 2. The molecule has 2 aromatic heterocycles. The van der Waals surface area contributed by atoms with Crippen LogP contribution in [0, 0.1) is 5.92 Å². The number of rotatable bonds is 6. The first-order chi connectivity index (χ1) is 13.4. The van der Waals surface area contributed by atoms with Gasteiger partial charge in [0.05, 0.1) is 12.8 Å². The molecular formula is C21H31N5O2. The first kappa shape index (κ1) is 20.3. The predicted octanol–water partition coefficient (Wildman–Crippen LogP) is 3.05. The van der Waals surface area contributed by atoms with Crippen molar-refractivity contribution in [2.24, 2.45) is 5.92 Å². The molecule has 1 aliphatic heterocycles. The van der Waals surface area contributed by atoms with Gasteiger partial charge >= 0.3 is 0 Å². The lowest BCUT2D eigenvalue weighted by atomic mass is 9.95. The molecule has 1 saturated heterocycles. The van der Waals surface area contributed by atoms with Crippen molar-refractivity contribution in [3.8, 4) is 0 Å². The average Bonchev–Trinajstić information content (AvgIpc) is 3.19. The van der Waals surface area contributed by atoms with E-state index < -0.39 is 0 Å². The first-order valence-electron chi connectivity index (χ1n) is 9.96. The van der Waals surface area contributed by atoms with Gasteiger partial charge in [-0.1, -0.05) is 20.8 Å². The van der Waals surface area contributed by atoms with Crippen molar-refractivity contribution in [3.63, 3.8) is 0 Å². The van der Waals surface area contributed by atoms with Gasteiger partial charge in [-0.15, -0.1) is 0 Å². The van der Waals surface area contributed by atoms with Gasteiger partial charge in [0.2, 0.25) is 0 Å². The maximum absolute atomic E-state index is 13.2. The van der Waals surface area contributed by atoms with Crippen molar-refractivity contribution in [3.05, 3.63) is 41.7 Å². The zero-order valence-corrected chi connectivity index (χ0v) is 17.3. The highest BCUT2D eigenvalue weighted by Gasteiger charge is 2.27. The fraction of sp³-hybridized carbons (Fsp3) is 0.571. The molecule has 0 bridgehead atoms. The van der Waals surface area contributed by atoms with Crippen molar-refractivity contribution in [1.29, 1.82) is 0 Å². The number of nitrogens with zero attached hydrogens (tertiary/aromatic N) is 3. The average molecular weight is 386 g/mol. The molecule has 2 aromatic rings. The van der Waals surface area contributed by atoms with Crippen LogP contribution in [0.5, 0.6) is 0 Å². The van der Waals surface area contributed by atoms with E-state index in [0.717, 1.165) is 38.2 Å². The molecule has 1 aliphatic rings. The predicted molar refractivity (Wildman–Crippen MR) is 109 cm³/mol. The number of carbonyl (C=O) groups excluding carboxylic acids is 1. The van der Waals surface area contributed by atoms with Crippen LogP contribution in [0.15, 0.2) is 29.0 Å². The molecule has 0 aromatic carbocycles. The number of furan rings is 1. The lowest BCUT2D eigenvalue weighted by Crippen LogP contribution is -2.40. The second-order valence-electron chi connectivity index (χ2n) is 8.43. The number of carbonyl (C=O) groups is 1. The molecule has 1 amide bonds. The lowest BCUT2D eigenvalue weighted by molar-refractivity contribution is 0.0691. The van der Waals surface area contributed by atoms with Crippen LogP contribution in [0.1, 0.15) is 55.6 Å². The van der Waals surface area contributed by atoms with Crippen molar-refractivity contribution in [1.82, 2.24) is 20.2 Å². The van der Waals surface area contributed by atoms with Gasteiger partial charge in [-0.2, -0.15) is 0 Å². The van der Waals surface area contributed by atoms with E-state index in [1.165, 1.54) is 0 Å². The summed E-state index contributed by atoms with van der Waals surface area (Å²) in [5.74, 6) is 2.69. The summed E-state index contributed by atoms with van der Waals surface area (Å²) < 4.78 is 5.40. The minimum atomic E-state index is -0.200. The van der Waals surface area contributed by atoms with E-state index in [4.69, 9.17) is 4.42 Å². The summed E-state index contributed by atoms with van der Waals surface area (Å²) >= 11 is 0. The van der Waals surface area contributed by atoms with Crippen LogP contribution in [0.2, 0.25) is 0 Å². The molecule has 3 heterocycles. The Labute approximate surface area is 166 Å². The van der Waals surface area contributed by atoms with Gasteiger partial charge in [-0.3, -0.25) is 4.79 Å². The highest BCUT2D eigenvalue weighted by molar-refractivity contribution is 5.98. The van der Waals surface area contributed by atoms with Gasteiger partial charge in [0, 0.05) is 24.7 Å². The Balaban J connectivity index is 1.79. The van der Waals surface area contributed by atoms with E-state index in [-0.39, 0.29) is 11.3 Å². The van der Waals surface area contributed by atoms with Gasteiger partial charge in [-0.25, -0.2) is 9.97 Å². The van der Waals surface area contributed by atoms with E-state index in [1.807, 2.05) is 24.1 Å². The first-order valence-corrected chi connectivity index (χ1v) is 9.96. The zero-order chi connectivity index (χ0) is 20.1. The molecule has 152 valence electrons. The summed E-state index contributed by atoms with van der Waals surface area (Å²) in [6.45, 7) is 9.19. The summed E-state index contributed by atoms with van der Waals surface area (Å²) in [4.78, 5) is 24.3. The molecule has 0 aliphatic carbocycles. The van der Waals surface area contributed by atoms with Crippen LogP contribution in [-0.2, 0) is 12.0 Å². The van der Waals surface area contributed by atoms with Crippen LogP contribution < -0.4 is 10.6 Å². The van der Waals surface area contributed by atoms with Gasteiger partial charge in [-0.05, 0) is 44.5 Å². The van der Waals surface area contributed by atoms with E-state index in [2.05, 4.69) is 41.4 Å². The Kier molecular flexibility index (Phi) is 6.34. The van der Waals surface area contributed by atoms with Crippen molar-refractivity contribution >= 4 is 11.7 Å². The Bertz CT molecular complexity index is 775. The lowest BCUT2D eigenvalue weighted by Gasteiger charge is -2.32. The fourth-order valence-electron chi connectivity index (χ4n) is 3.42. The Morgan fingerprint density at radius 1 is 1.32 bits per heavy atom. The maximum Gasteiger partial charge on any atom is 0.259 e. The molecule has 28 heavy (non-hydrogen) atoms. The summed E-state index contributed by atoms with van der Waals surface area (Å²) in [5.41, 5.74) is 0.320. The van der Waals surface area contributed by atoms with E-state index in [0.29, 0.717) is 29.7 Å². The number of aromatic nitrogens is 2. The van der Waals surface area contributed by atoms with E-state index in [9.17, 15) is 4.79 Å². The van der Waals surface area contributed by atoms with Gasteiger partial charge in [0.15, 0.2) is 0 Å². The monoisotopic (exact) mass is 385 g/mol. The van der Waals surface area contributed by atoms with Gasteiger partial charge < -0.3 is 20.0 Å². The molecule has 0 radical (unpaired) electrons. The number of anilines is 1. The normalized spacial score (nSPS) is 15.6. The number of hydrogen-bond acceptors (Lipinski definition) is 6. The second-order valence-corrected chi connectivity index (χ2v) is 8.43. The standard InChI is InChI=1S/C21H31N5O2/c1-21(2,3)20-24-14-17(18(25-20)23-13-16-6-5-11-28-16)19(27)26-9-7-15(8-10-26)12-22-4/h5-6,11,14-15,22H,7-10,12-13H2,1-4H3,(H,23,24,25). The molecule has 0 spiro atoms. The molecule has 7 nitrogen and oxygen atoms in total. The summed E-state index contributed by atoms with van der Waals surface area (Å²) in [6, 6.07) is 3.74. The van der Waals surface area contributed by atoms with Crippen LogP contribution in [0.4, 0.5) is 5.82 Å². The summed E-state index contributed by atoms with van der Waals surface area (Å²) in [7, 11) is 1.97. The number of amides is 1. The van der Waals surface area contributed by atoms with E-state index in [1.54, 1.807) is 12.5 Å². The van der Waals surface area contributed by atoms with Crippen molar-refractivity contribution in [2.75, 3.05) is 32.0 Å². The zero-order valence-electron chi connectivity index (χ0n) is 17.3. The van der Waals surface area contributed by atoms with Crippen molar-refractivity contribution in [2.45, 2.75) is 45.6 Å². The van der Waals surface area contributed by atoms with Crippen molar-refractivity contribution < 1.29 is 9.21 Å². The van der Waals surface area contributed by atoms with Crippen LogP contribution in [-0.4, -0.2) is 47.5 Å². The van der Waals surface area contributed by atoms with Gasteiger partial charge in [0.25, 0.3) is 5.91 Å². The summed E-state index contributed by atoms with van der Waals surface area (Å²) in [6.07, 6.45) is 5.34. The van der Waals surface area contributed by atoms with E-state index >= 15 is 0 Å². The quantitative estimate of drug-likeness (QED) is 0.795. The second kappa shape index (κ2) is 8.73. The number of likely N-dealkylation sites (tertiary alicyclic amines) is 1. The van der Waals surface area contributed by atoms with Gasteiger partial charge in [0.1, 0.15) is 23.0 Å². The Morgan fingerprint density at radius 2 is 2.07 bits per heavy atom. The largest absolute Gasteiger partial charge is 0.467 e. The SMILES string of the molecule is CNCC1CCN(C(=O)c2cnc(C(C)(C)C)nc2NCc2ccco2)CC1. The molecule has 0 unspecified atom stereocenters. The number of piperidine rings is 1. The third-order valence-corrected chi connectivity index (χ3v) is 5.09. The van der Waals surface area contributed by atoms with Crippen LogP contribution >= 0.6 is 0 Å². The molecule has 7 heteroatoms. The Morgan fingerprint density at radius 3 is 2.68 bits per heavy atom. The van der Waals surface area contributed by atoms with Crippen LogP contribution in [0.25, 0.3) is 0 Å². The number of nitrogens with one attached hydrogen (secondary N) is 2. The minimum Gasteiger partial charge on any atom is -0.467 e. The highest BCUT2D eigenvalue weighted by atomic mass is 16.3. The highest BCUT2D eigenvalue weighted by Crippen LogP contribution is 2.25. The minimum absolute atomic E-state index is 0.00897. The van der Waals surface area contributed by atoms with Crippen LogP contribution in [0.3, 0.4) is 0 Å². The molecule has 0 atom stereocenters. The summed E-state index contributed by atoms with van der Waals surface area (Å²) in [5, 5.41) is 6.51. The molecular weight excluding hydrogens is 354 g/mol. The Hall–Kier alpha value is -2.41. The smallest absolute Gasteiger partial charge is 0.259 e. The topological polar surface area (TPSA) is 83.3 Å². The molecule has 1 fully saturated rings. The molecule has 0 saturated carbocycles. The fourth-order valence-corrected chi connectivity index (χ4v) is 3.42. The maximum atomic E-state index is 13.2. The molecule has 3 rings (SSSR count). The third-order valence-electron chi connectivity index (χ3n) is 5.09.